The van der Waals surface area contributed by atoms with Gasteiger partial charge in [0.2, 0.25) is 0 Å². The van der Waals surface area contributed by atoms with E-state index in [2.05, 4.69) is 40.7 Å². The van der Waals surface area contributed by atoms with Crippen LogP contribution in [0.2, 0.25) is 0 Å². The van der Waals surface area contributed by atoms with Gasteiger partial charge >= 0.3 is 0 Å². The van der Waals surface area contributed by atoms with E-state index in [9.17, 15) is 0 Å². The maximum absolute atomic E-state index is 5.66. The molecule has 0 bridgehead atoms. The van der Waals surface area contributed by atoms with Crippen molar-refractivity contribution >= 4 is 38.8 Å². The van der Waals surface area contributed by atoms with Crippen LogP contribution in [0.3, 0.4) is 0 Å². The third-order valence-corrected chi connectivity index (χ3v) is 4.64. The van der Waals surface area contributed by atoms with E-state index in [4.69, 9.17) is 18.0 Å². The molecule has 2 rings (SSSR count). The number of anilines is 1. The molecule has 0 aliphatic carbocycles. The number of hydrogen-bond donors (Lipinski definition) is 1. The van der Waals surface area contributed by atoms with E-state index in [1.165, 1.54) is 24.9 Å². The van der Waals surface area contributed by atoms with Gasteiger partial charge in [-0.25, -0.2) is 0 Å². The van der Waals surface area contributed by atoms with Crippen molar-refractivity contribution in [2.24, 2.45) is 5.73 Å². The van der Waals surface area contributed by atoms with Gasteiger partial charge in [0, 0.05) is 22.1 Å². The SMILES string of the molecule is CCC1CCC(C)N1c1ccc(C(N)=S)cc1Br. The highest BCUT2D eigenvalue weighted by atomic mass is 79.9. The van der Waals surface area contributed by atoms with E-state index in [1.54, 1.807) is 0 Å². The van der Waals surface area contributed by atoms with Gasteiger partial charge in [-0.3, -0.25) is 0 Å². The third-order valence-electron chi connectivity index (χ3n) is 3.77. The van der Waals surface area contributed by atoms with Crippen LogP contribution in [0.15, 0.2) is 22.7 Å². The fraction of sp³-hybridized carbons (Fsp3) is 0.500. The van der Waals surface area contributed by atoms with Crippen LogP contribution >= 0.6 is 28.1 Å². The number of nitrogens with zero attached hydrogens (tertiary/aromatic N) is 1. The van der Waals surface area contributed by atoms with Gasteiger partial charge in [0.05, 0.1) is 5.69 Å². The Labute approximate surface area is 123 Å². The van der Waals surface area contributed by atoms with E-state index < -0.39 is 0 Å². The molecule has 98 valence electrons. The zero-order chi connectivity index (χ0) is 13.3. The lowest BCUT2D eigenvalue weighted by atomic mass is 10.1. The Balaban J connectivity index is 2.35. The summed E-state index contributed by atoms with van der Waals surface area (Å²) in [5.74, 6) is 0. The van der Waals surface area contributed by atoms with Gasteiger partial charge in [-0.2, -0.15) is 0 Å². The van der Waals surface area contributed by atoms with Gasteiger partial charge in [0.25, 0.3) is 0 Å². The van der Waals surface area contributed by atoms with Gasteiger partial charge < -0.3 is 10.6 Å². The fourth-order valence-electron chi connectivity index (χ4n) is 2.78. The van der Waals surface area contributed by atoms with Gasteiger partial charge in [0.1, 0.15) is 4.99 Å². The highest BCUT2D eigenvalue weighted by molar-refractivity contribution is 9.10. The second-order valence-corrected chi connectivity index (χ2v) is 6.22. The van der Waals surface area contributed by atoms with Crippen LogP contribution in [0.25, 0.3) is 0 Å². The molecule has 4 heteroatoms. The lowest BCUT2D eigenvalue weighted by molar-refractivity contribution is 0.627. The minimum atomic E-state index is 0.448. The highest BCUT2D eigenvalue weighted by Gasteiger charge is 2.30. The van der Waals surface area contributed by atoms with Crippen LogP contribution in [0, 0.1) is 0 Å². The van der Waals surface area contributed by atoms with Gasteiger partial charge in [-0.05, 0) is 60.3 Å². The minimum absolute atomic E-state index is 0.448. The van der Waals surface area contributed by atoms with Crippen molar-refractivity contribution in [2.45, 2.75) is 45.2 Å². The lowest BCUT2D eigenvalue weighted by Crippen LogP contribution is -2.34. The summed E-state index contributed by atoms with van der Waals surface area (Å²) in [5, 5.41) is 0. The fourth-order valence-corrected chi connectivity index (χ4v) is 3.49. The second-order valence-electron chi connectivity index (χ2n) is 4.93. The number of benzene rings is 1. The third kappa shape index (κ3) is 2.54. The van der Waals surface area contributed by atoms with Gasteiger partial charge in [-0.15, -0.1) is 0 Å². The first-order valence-corrected chi connectivity index (χ1v) is 7.62. The first kappa shape index (κ1) is 13.8. The summed E-state index contributed by atoms with van der Waals surface area (Å²) in [6.07, 6.45) is 3.73. The smallest absolute Gasteiger partial charge is 0.104 e. The molecule has 2 unspecified atom stereocenters. The van der Waals surface area contributed by atoms with Crippen LogP contribution in [0.4, 0.5) is 5.69 Å². The first-order valence-electron chi connectivity index (χ1n) is 6.42. The Morgan fingerprint density at radius 3 is 2.78 bits per heavy atom. The number of nitrogens with two attached hydrogens (primary N) is 1. The van der Waals surface area contributed by atoms with Crippen molar-refractivity contribution in [3.8, 4) is 0 Å². The maximum atomic E-state index is 5.66. The Kier molecular flexibility index (Phi) is 4.28. The van der Waals surface area contributed by atoms with Crippen molar-refractivity contribution in [3.63, 3.8) is 0 Å². The topological polar surface area (TPSA) is 29.3 Å². The van der Waals surface area contributed by atoms with E-state index >= 15 is 0 Å². The Morgan fingerprint density at radius 1 is 1.50 bits per heavy atom. The predicted octanol–water partition coefficient (Wildman–Crippen LogP) is 3.85. The van der Waals surface area contributed by atoms with E-state index in [1.807, 2.05) is 12.1 Å². The normalized spacial score (nSPS) is 23.4. The molecule has 0 spiro atoms. The zero-order valence-corrected chi connectivity index (χ0v) is 13.2. The predicted molar refractivity (Wildman–Crippen MR) is 85.3 cm³/mol. The van der Waals surface area contributed by atoms with Crippen LogP contribution in [0.1, 0.15) is 38.7 Å². The Hall–Kier alpha value is -0.610. The van der Waals surface area contributed by atoms with Crippen molar-refractivity contribution in [3.05, 3.63) is 28.2 Å². The second kappa shape index (κ2) is 5.57. The van der Waals surface area contributed by atoms with Crippen molar-refractivity contribution < 1.29 is 0 Å². The zero-order valence-electron chi connectivity index (χ0n) is 10.8. The van der Waals surface area contributed by atoms with Crippen LogP contribution in [0.5, 0.6) is 0 Å². The standard InChI is InChI=1S/C14H19BrN2S/c1-3-11-6-4-9(2)17(11)13-7-5-10(14(16)18)8-12(13)15/h5,7-9,11H,3-4,6H2,1-2H3,(H2,16,18). The molecule has 1 aliphatic heterocycles. The largest absolute Gasteiger partial charge is 0.389 e. The quantitative estimate of drug-likeness (QED) is 0.855. The Morgan fingerprint density at radius 2 is 2.22 bits per heavy atom. The molecule has 2 N–H and O–H groups in total. The molecule has 1 fully saturated rings. The molecule has 0 radical (unpaired) electrons. The van der Waals surface area contributed by atoms with Crippen LogP contribution < -0.4 is 10.6 Å². The molecule has 1 aliphatic rings. The summed E-state index contributed by atoms with van der Waals surface area (Å²) in [4.78, 5) is 2.97. The summed E-state index contributed by atoms with van der Waals surface area (Å²) < 4.78 is 1.08. The minimum Gasteiger partial charge on any atom is -0.389 e. The van der Waals surface area contributed by atoms with Crippen LogP contribution in [-0.2, 0) is 0 Å². The maximum Gasteiger partial charge on any atom is 0.104 e. The molecular weight excluding hydrogens is 308 g/mol. The van der Waals surface area contributed by atoms with E-state index in [0.29, 0.717) is 17.1 Å². The molecule has 1 aromatic rings. The molecule has 0 aromatic heterocycles. The van der Waals surface area contributed by atoms with Gasteiger partial charge in [-0.1, -0.05) is 19.1 Å². The molecule has 1 heterocycles. The molecule has 18 heavy (non-hydrogen) atoms. The van der Waals surface area contributed by atoms with Crippen molar-refractivity contribution in [1.82, 2.24) is 0 Å². The molecule has 1 saturated heterocycles. The average Bonchev–Trinajstić information content (AvgIpc) is 2.70. The molecular formula is C14H19BrN2S. The van der Waals surface area contributed by atoms with E-state index in [-0.39, 0.29) is 0 Å². The molecule has 0 saturated carbocycles. The summed E-state index contributed by atoms with van der Waals surface area (Å²) in [6, 6.07) is 7.41. The monoisotopic (exact) mass is 326 g/mol. The summed E-state index contributed by atoms with van der Waals surface area (Å²) in [5.41, 5.74) is 7.84. The molecule has 1 aromatic carbocycles. The molecule has 0 amide bonds. The summed E-state index contributed by atoms with van der Waals surface area (Å²) in [6.45, 7) is 4.55. The lowest BCUT2D eigenvalue weighted by Gasteiger charge is -2.31. The average molecular weight is 327 g/mol. The first-order chi connectivity index (χ1) is 8.54. The van der Waals surface area contributed by atoms with Gasteiger partial charge in [0.15, 0.2) is 0 Å². The molecule has 2 atom stereocenters. The van der Waals surface area contributed by atoms with Crippen molar-refractivity contribution in [1.29, 1.82) is 0 Å². The Bertz CT molecular complexity index is 461. The summed E-state index contributed by atoms with van der Waals surface area (Å²) >= 11 is 8.67. The highest BCUT2D eigenvalue weighted by Crippen LogP contribution is 2.36. The van der Waals surface area contributed by atoms with Crippen LogP contribution in [-0.4, -0.2) is 17.1 Å². The number of hydrogen-bond acceptors (Lipinski definition) is 2. The number of thiocarbonyl (C=S) groups is 1. The molecule has 2 nitrogen and oxygen atoms in total. The number of rotatable bonds is 3. The van der Waals surface area contributed by atoms with E-state index in [0.717, 1.165) is 10.0 Å². The summed E-state index contributed by atoms with van der Waals surface area (Å²) in [7, 11) is 0. The number of halogens is 1. The van der Waals surface area contributed by atoms with Crippen molar-refractivity contribution in [2.75, 3.05) is 4.90 Å².